The van der Waals surface area contributed by atoms with Crippen LogP contribution in [0.5, 0.6) is 0 Å². The van der Waals surface area contributed by atoms with Gasteiger partial charge in [-0.1, -0.05) is 0 Å². The molecule has 0 spiro atoms. The van der Waals surface area contributed by atoms with Crippen LogP contribution in [0.1, 0.15) is 6.42 Å². The van der Waals surface area contributed by atoms with E-state index in [4.69, 9.17) is 0 Å². The van der Waals surface area contributed by atoms with Gasteiger partial charge in [-0.3, -0.25) is 9.59 Å². The van der Waals surface area contributed by atoms with Crippen molar-refractivity contribution >= 4 is 11.8 Å². The summed E-state index contributed by atoms with van der Waals surface area (Å²) >= 11 is 0. The van der Waals surface area contributed by atoms with Crippen LogP contribution in [-0.4, -0.2) is 42.8 Å². The third-order valence-electron chi connectivity index (χ3n) is 1.94. The van der Waals surface area contributed by atoms with Crippen molar-refractivity contribution in [2.45, 2.75) is 18.9 Å². The van der Waals surface area contributed by atoms with Gasteiger partial charge in [0, 0.05) is 13.6 Å². The maximum atomic E-state index is 11.8. The average Bonchev–Trinajstić information content (AvgIpc) is 2.36. The first-order valence-corrected chi connectivity index (χ1v) is 3.86. The van der Waals surface area contributed by atoms with E-state index in [1.165, 1.54) is 4.90 Å². The molecule has 1 fully saturated rings. The van der Waals surface area contributed by atoms with Crippen molar-refractivity contribution in [1.29, 1.82) is 0 Å². The van der Waals surface area contributed by atoms with Crippen molar-refractivity contribution in [2.24, 2.45) is 0 Å². The molecule has 74 valence electrons. The number of hydrogen-bond acceptors (Lipinski definition) is 2. The molecule has 2 amide bonds. The summed E-state index contributed by atoms with van der Waals surface area (Å²) in [5.74, 6) is -1.69. The second-order valence-corrected chi connectivity index (χ2v) is 2.91. The fourth-order valence-electron chi connectivity index (χ4n) is 1.19. The number of nitrogens with one attached hydrogen (secondary N) is 1. The van der Waals surface area contributed by atoms with Crippen LogP contribution in [0.15, 0.2) is 0 Å². The maximum Gasteiger partial charge on any atom is 0.315 e. The number of hydrogen-bond donors (Lipinski definition) is 1. The first-order valence-electron chi connectivity index (χ1n) is 3.86. The molecule has 6 heteroatoms. The summed E-state index contributed by atoms with van der Waals surface area (Å²) in [6.07, 6.45) is -2.66. The number of rotatable bonds is 2. The smallest absolute Gasteiger partial charge is 0.315 e. The van der Waals surface area contributed by atoms with Gasteiger partial charge < -0.3 is 10.2 Å². The van der Waals surface area contributed by atoms with Crippen molar-refractivity contribution in [3.8, 4) is 0 Å². The molecule has 1 rings (SSSR count). The molecule has 0 aromatic carbocycles. The lowest BCUT2D eigenvalue weighted by Gasteiger charge is -2.11. The summed E-state index contributed by atoms with van der Waals surface area (Å²) in [5, 5.41) is 1.98. The molecule has 1 atom stereocenters. The highest BCUT2D eigenvalue weighted by atomic mass is 19.3. The average molecular weight is 192 g/mol. The molecule has 0 radical (unpaired) electrons. The summed E-state index contributed by atoms with van der Waals surface area (Å²) < 4.78 is 23.5. The summed E-state index contributed by atoms with van der Waals surface area (Å²) in [5.41, 5.74) is 0. The topological polar surface area (TPSA) is 49.4 Å². The lowest BCUT2D eigenvalue weighted by molar-refractivity contribution is -0.136. The van der Waals surface area contributed by atoms with Gasteiger partial charge in [-0.15, -0.1) is 0 Å². The Balaban J connectivity index is 2.47. The molecule has 13 heavy (non-hydrogen) atoms. The number of carbonyl (C=O) groups is 2. The number of halogens is 2. The Morgan fingerprint density at radius 3 is 2.69 bits per heavy atom. The Morgan fingerprint density at radius 1 is 1.69 bits per heavy atom. The molecular formula is C7H10F2N2O2. The molecule has 0 aromatic rings. The number of likely N-dealkylation sites (N-methyl/N-ethyl adjacent to an activating group) is 1. The summed E-state index contributed by atoms with van der Waals surface area (Å²) in [6, 6.07) is -0.772. The number of likely N-dealkylation sites (tertiary alicyclic amines) is 1. The molecule has 1 aliphatic rings. The molecule has 1 unspecified atom stereocenters. The number of nitrogens with zero attached hydrogens (tertiary/aromatic N) is 1. The van der Waals surface area contributed by atoms with Crippen molar-refractivity contribution in [3.63, 3.8) is 0 Å². The van der Waals surface area contributed by atoms with E-state index >= 15 is 0 Å². The van der Waals surface area contributed by atoms with Crippen LogP contribution in [0.2, 0.25) is 0 Å². The normalized spacial score (nSPS) is 22.6. The fraction of sp³-hybridized carbons (Fsp3) is 0.714. The minimum Gasteiger partial charge on any atom is -0.344 e. The van der Waals surface area contributed by atoms with Gasteiger partial charge in [0.1, 0.15) is 6.04 Å². The van der Waals surface area contributed by atoms with Crippen LogP contribution in [0.4, 0.5) is 8.78 Å². The lowest BCUT2D eigenvalue weighted by Crippen LogP contribution is -2.43. The quantitative estimate of drug-likeness (QED) is 0.647. The molecule has 1 N–H and O–H groups in total. The number of alkyl halides is 2. The van der Waals surface area contributed by atoms with Gasteiger partial charge >= 0.3 is 6.43 Å². The summed E-state index contributed by atoms with van der Waals surface area (Å²) in [7, 11) is 1.57. The van der Waals surface area contributed by atoms with Crippen molar-refractivity contribution in [2.75, 3.05) is 13.6 Å². The largest absolute Gasteiger partial charge is 0.344 e. The molecule has 0 aromatic heterocycles. The second-order valence-electron chi connectivity index (χ2n) is 2.91. The molecule has 0 aliphatic carbocycles. The maximum absolute atomic E-state index is 11.8. The van der Waals surface area contributed by atoms with Crippen LogP contribution in [0.25, 0.3) is 0 Å². The molecule has 0 saturated carbocycles. The lowest BCUT2D eigenvalue weighted by atomic mass is 10.2. The van der Waals surface area contributed by atoms with Crippen LogP contribution >= 0.6 is 0 Å². The third-order valence-corrected chi connectivity index (χ3v) is 1.94. The minimum atomic E-state index is -3.06. The summed E-state index contributed by atoms with van der Waals surface area (Å²) in [4.78, 5) is 23.0. The number of carbonyl (C=O) groups excluding carboxylic acids is 2. The van der Waals surface area contributed by atoms with Crippen molar-refractivity contribution in [3.05, 3.63) is 0 Å². The Morgan fingerprint density at radius 2 is 2.31 bits per heavy atom. The number of amides is 2. The zero-order chi connectivity index (χ0) is 10.0. The van der Waals surface area contributed by atoms with Crippen molar-refractivity contribution < 1.29 is 18.4 Å². The Labute approximate surface area is 73.9 Å². The van der Waals surface area contributed by atoms with Crippen LogP contribution in [0, 0.1) is 0 Å². The Kier molecular flexibility index (Phi) is 2.79. The van der Waals surface area contributed by atoms with Gasteiger partial charge in [-0.05, 0) is 6.42 Å². The van der Waals surface area contributed by atoms with E-state index in [2.05, 4.69) is 0 Å². The predicted molar refractivity (Wildman–Crippen MR) is 40.2 cm³/mol. The third kappa shape index (κ3) is 2.13. The highest BCUT2D eigenvalue weighted by molar-refractivity contribution is 5.89. The molecule has 1 heterocycles. The minimum absolute atomic E-state index is 0.311. The van der Waals surface area contributed by atoms with Gasteiger partial charge in [0.05, 0.1) is 0 Å². The molecule has 4 nitrogen and oxygen atoms in total. The zero-order valence-electron chi connectivity index (χ0n) is 7.09. The van der Waals surface area contributed by atoms with Gasteiger partial charge in [0.15, 0.2) is 0 Å². The Hall–Kier alpha value is -1.20. The highest BCUT2D eigenvalue weighted by Gasteiger charge is 2.31. The Bertz CT molecular complexity index is 233. The van der Waals surface area contributed by atoms with Gasteiger partial charge in [-0.2, -0.15) is 8.78 Å². The first kappa shape index (κ1) is 9.88. The van der Waals surface area contributed by atoms with Gasteiger partial charge in [0.2, 0.25) is 5.91 Å². The SMILES string of the molecule is CN1CCC(NC(=O)C(F)F)C1=O. The second kappa shape index (κ2) is 3.68. The van der Waals surface area contributed by atoms with Crippen LogP contribution in [-0.2, 0) is 9.59 Å². The summed E-state index contributed by atoms with van der Waals surface area (Å²) in [6.45, 7) is 0.493. The molecule has 0 bridgehead atoms. The van der Waals surface area contributed by atoms with E-state index in [1.54, 1.807) is 7.05 Å². The van der Waals surface area contributed by atoms with Gasteiger partial charge in [0.25, 0.3) is 5.91 Å². The van der Waals surface area contributed by atoms with Gasteiger partial charge in [-0.25, -0.2) is 0 Å². The van der Waals surface area contributed by atoms with E-state index in [0.29, 0.717) is 13.0 Å². The molecule has 1 saturated heterocycles. The molecule has 1 aliphatic heterocycles. The predicted octanol–water partition coefficient (Wildman–Crippen LogP) is -0.402. The van der Waals surface area contributed by atoms with Crippen molar-refractivity contribution in [1.82, 2.24) is 10.2 Å². The highest BCUT2D eigenvalue weighted by Crippen LogP contribution is 2.08. The fourth-order valence-corrected chi connectivity index (χ4v) is 1.19. The van der Waals surface area contributed by atoms with E-state index in [0.717, 1.165) is 0 Å². The van der Waals surface area contributed by atoms with Crippen LogP contribution in [0.3, 0.4) is 0 Å². The van der Waals surface area contributed by atoms with E-state index < -0.39 is 18.4 Å². The zero-order valence-corrected chi connectivity index (χ0v) is 7.09. The van der Waals surface area contributed by atoms with E-state index in [-0.39, 0.29) is 5.91 Å². The van der Waals surface area contributed by atoms with E-state index in [1.807, 2.05) is 5.32 Å². The van der Waals surface area contributed by atoms with Crippen LogP contribution < -0.4 is 5.32 Å². The van der Waals surface area contributed by atoms with E-state index in [9.17, 15) is 18.4 Å². The first-order chi connectivity index (χ1) is 6.02. The monoisotopic (exact) mass is 192 g/mol. The standard InChI is InChI=1S/C7H10F2N2O2/c1-11-3-2-4(7(11)13)10-6(12)5(8)9/h4-5H,2-3H2,1H3,(H,10,12). The molecular weight excluding hydrogens is 182 g/mol.